The van der Waals surface area contributed by atoms with Crippen molar-refractivity contribution in [3.8, 4) is 0 Å². The van der Waals surface area contributed by atoms with Gasteiger partial charge in [0, 0.05) is 6.04 Å². The van der Waals surface area contributed by atoms with Gasteiger partial charge in [-0.05, 0) is 36.9 Å². The maximum Gasteiger partial charge on any atom is 0.0396 e. The standard InChI is InChI=1S/C16H25N/c1-16(2,3)15(14-10-6-4-7-11-14)17-12-8-5-9-13-17/h4,6-7,10-11,15H,5,8-9,12-13H2,1-3H3. The molecular weight excluding hydrogens is 206 g/mol. The highest BCUT2D eigenvalue weighted by Crippen LogP contribution is 2.39. The van der Waals surface area contributed by atoms with Crippen molar-refractivity contribution in [2.45, 2.75) is 46.1 Å². The van der Waals surface area contributed by atoms with Gasteiger partial charge in [-0.25, -0.2) is 0 Å². The van der Waals surface area contributed by atoms with Gasteiger partial charge in [0.2, 0.25) is 0 Å². The number of piperidine rings is 1. The van der Waals surface area contributed by atoms with E-state index in [0.717, 1.165) is 0 Å². The van der Waals surface area contributed by atoms with Gasteiger partial charge >= 0.3 is 0 Å². The van der Waals surface area contributed by atoms with Gasteiger partial charge in [0.15, 0.2) is 0 Å². The van der Waals surface area contributed by atoms with Gasteiger partial charge in [-0.1, -0.05) is 57.5 Å². The third-order valence-corrected chi connectivity index (χ3v) is 3.69. The van der Waals surface area contributed by atoms with E-state index in [9.17, 15) is 0 Å². The molecule has 1 heterocycles. The Bertz CT molecular complexity index is 330. The fourth-order valence-electron chi connectivity index (χ4n) is 3.07. The summed E-state index contributed by atoms with van der Waals surface area (Å²) in [5.41, 5.74) is 1.78. The van der Waals surface area contributed by atoms with Crippen LogP contribution in [-0.2, 0) is 0 Å². The van der Waals surface area contributed by atoms with Crippen molar-refractivity contribution in [3.63, 3.8) is 0 Å². The van der Waals surface area contributed by atoms with Gasteiger partial charge in [-0.2, -0.15) is 0 Å². The molecule has 0 radical (unpaired) electrons. The highest BCUT2D eigenvalue weighted by Gasteiger charge is 2.32. The van der Waals surface area contributed by atoms with Crippen LogP contribution >= 0.6 is 0 Å². The fourth-order valence-corrected chi connectivity index (χ4v) is 3.07. The van der Waals surface area contributed by atoms with Gasteiger partial charge in [0.05, 0.1) is 0 Å². The van der Waals surface area contributed by atoms with Crippen LogP contribution in [0.25, 0.3) is 0 Å². The average molecular weight is 231 g/mol. The van der Waals surface area contributed by atoms with E-state index in [1.165, 1.54) is 37.9 Å². The highest BCUT2D eigenvalue weighted by molar-refractivity contribution is 5.21. The Morgan fingerprint density at radius 1 is 0.941 bits per heavy atom. The Morgan fingerprint density at radius 3 is 2.06 bits per heavy atom. The topological polar surface area (TPSA) is 3.24 Å². The second-order valence-electron chi connectivity index (χ2n) is 6.28. The molecule has 0 spiro atoms. The third-order valence-electron chi connectivity index (χ3n) is 3.69. The molecule has 2 rings (SSSR count). The second kappa shape index (κ2) is 5.22. The van der Waals surface area contributed by atoms with Gasteiger partial charge in [0.25, 0.3) is 0 Å². The lowest BCUT2D eigenvalue weighted by atomic mass is 9.80. The first-order chi connectivity index (χ1) is 8.09. The van der Waals surface area contributed by atoms with E-state index in [1.54, 1.807) is 0 Å². The van der Waals surface area contributed by atoms with Crippen LogP contribution in [0.5, 0.6) is 0 Å². The Hall–Kier alpha value is -0.820. The lowest BCUT2D eigenvalue weighted by Gasteiger charge is -2.42. The molecule has 17 heavy (non-hydrogen) atoms. The Labute approximate surface area is 106 Å². The van der Waals surface area contributed by atoms with E-state index in [4.69, 9.17) is 0 Å². The first-order valence-electron chi connectivity index (χ1n) is 6.88. The van der Waals surface area contributed by atoms with Crippen molar-refractivity contribution in [1.29, 1.82) is 0 Å². The molecule has 1 nitrogen and oxygen atoms in total. The summed E-state index contributed by atoms with van der Waals surface area (Å²) in [6.07, 6.45) is 4.13. The maximum absolute atomic E-state index is 2.68. The molecule has 0 bridgehead atoms. The first-order valence-corrected chi connectivity index (χ1v) is 6.88. The number of benzene rings is 1. The van der Waals surface area contributed by atoms with E-state index in [0.29, 0.717) is 11.5 Å². The molecule has 1 fully saturated rings. The summed E-state index contributed by atoms with van der Waals surface area (Å²) in [6.45, 7) is 9.60. The smallest absolute Gasteiger partial charge is 0.0396 e. The fraction of sp³-hybridized carbons (Fsp3) is 0.625. The van der Waals surface area contributed by atoms with Crippen LogP contribution in [0.2, 0.25) is 0 Å². The van der Waals surface area contributed by atoms with Crippen LogP contribution in [0, 0.1) is 5.41 Å². The third kappa shape index (κ3) is 3.10. The molecule has 1 heteroatoms. The Morgan fingerprint density at radius 2 is 1.53 bits per heavy atom. The number of rotatable bonds is 2. The molecule has 1 saturated heterocycles. The van der Waals surface area contributed by atoms with E-state index in [-0.39, 0.29) is 0 Å². The first kappa shape index (κ1) is 12.6. The zero-order chi connectivity index (χ0) is 12.3. The molecule has 1 atom stereocenters. The summed E-state index contributed by atoms with van der Waals surface area (Å²) < 4.78 is 0. The molecule has 94 valence electrons. The Balaban J connectivity index is 2.25. The molecule has 1 unspecified atom stereocenters. The predicted molar refractivity (Wildman–Crippen MR) is 74.1 cm³/mol. The van der Waals surface area contributed by atoms with Crippen LogP contribution in [0.4, 0.5) is 0 Å². The van der Waals surface area contributed by atoms with Crippen LogP contribution in [0.1, 0.15) is 51.6 Å². The van der Waals surface area contributed by atoms with Crippen molar-refractivity contribution in [2.75, 3.05) is 13.1 Å². The van der Waals surface area contributed by atoms with Crippen molar-refractivity contribution < 1.29 is 0 Å². The molecule has 0 N–H and O–H groups in total. The molecule has 0 aromatic heterocycles. The van der Waals surface area contributed by atoms with E-state index >= 15 is 0 Å². The van der Waals surface area contributed by atoms with Gasteiger partial charge in [-0.3, -0.25) is 4.90 Å². The van der Waals surface area contributed by atoms with Crippen molar-refractivity contribution in [2.24, 2.45) is 5.41 Å². The maximum atomic E-state index is 2.68. The molecule has 0 aliphatic carbocycles. The van der Waals surface area contributed by atoms with E-state index in [2.05, 4.69) is 56.0 Å². The monoisotopic (exact) mass is 231 g/mol. The minimum absolute atomic E-state index is 0.304. The zero-order valence-corrected chi connectivity index (χ0v) is 11.4. The molecular formula is C16H25N. The molecule has 1 aromatic carbocycles. The summed E-state index contributed by atoms with van der Waals surface area (Å²) in [5.74, 6) is 0. The lowest BCUT2D eigenvalue weighted by Crippen LogP contribution is -2.40. The summed E-state index contributed by atoms with van der Waals surface area (Å²) in [4.78, 5) is 2.68. The second-order valence-corrected chi connectivity index (χ2v) is 6.28. The molecule has 0 amide bonds. The zero-order valence-electron chi connectivity index (χ0n) is 11.4. The summed E-state index contributed by atoms with van der Waals surface area (Å²) in [7, 11) is 0. The average Bonchev–Trinajstić information content (AvgIpc) is 2.30. The largest absolute Gasteiger partial charge is 0.296 e. The van der Waals surface area contributed by atoms with Crippen molar-refractivity contribution in [3.05, 3.63) is 35.9 Å². The number of hydrogen-bond acceptors (Lipinski definition) is 1. The minimum atomic E-state index is 0.304. The SMILES string of the molecule is CC(C)(C)C(c1ccccc1)N1CCCCC1. The van der Waals surface area contributed by atoms with E-state index < -0.39 is 0 Å². The lowest BCUT2D eigenvalue weighted by molar-refractivity contribution is 0.0797. The van der Waals surface area contributed by atoms with Gasteiger partial charge < -0.3 is 0 Å². The molecule has 1 aliphatic rings. The van der Waals surface area contributed by atoms with Gasteiger partial charge in [-0.15, -0.1) is 0 Å². The normalized spacial score (nSPS) is 20.2. The van der Waals surface area contributed by atoms with Crippen LogP contribution in [-0.4, -0.2) is 18.0 Å². The summed E-state index contributed by atoms with van der Waals surface area (Å²) >= 11 is 0. The quantitative estimate of drug-likeness (QED) is 0.735. The highest BCUT2D eigenvalue weighted by atomic mass is 15.2. The van der Waals surface area contributed by atoms with Gasteiger partial charge in [0.1, 0.15) is 0 Å². The number of likely N-dealkylation sites (tertiary alicyclic amines) is 1. The van der Waals surface area contributed by atoms with Crippen molar-refractivity contribution in [1.82, 2.24) is 4.90 Å². The number of nitrogens with zero attached hydrogens (tertiary/aromatic N) is 1. The van der Waals surface area contributed by atoms with E-state index in [1.807, 2.05) is 0 Å². The van der Waals surface area contributed by atoms with Crippen LogP contribution in [0.3, 0.4) is 0 Å². The minimum Gasteiger partial charge on any atom is -0.296 e. The molecule has 1 aromatic rings. The predicted octanol–water partition coefficient (Wildman–Crippen LogP) is 4.26. The number of hydrogen-bond donors (Lipinski definition) is 0. The molecule has 0 saturated carbocycles. The van der Waals surface area contributed by atoms with Crippen LogP contribution < -0.4 is 0 Å². The van der Waals surface area contributed by atoms with Crippen molar-refractivity contribution >= 4 is 0 Å². The molecule has 1 aliphatic heterocycles. The van der Waals surface area contributed by atoms with Crippen LogP contribution in [0.15, 0.2) is 30.3 Å². The summed E-state index contributed by atoms with van der Waals surface area (Å²) in [6, 6.07) is 11.6. The Kier molecular flexibility index (Phi) is 3.88. The summed E-state index contributed by atoms with van der Waals surface area (Å²) in [5, 5.41) is 0.